The van der Waals surface area contributed by atoms with Crippen molar-refractivity contribution < 1.29 is 4.74 Å². The minimum atomic E-state index is 0.293. The fourth-order valence-electron chi connectivity index (χ4n) is 1.87. The first kappa shape index (κ1) is 13.1. The lowest BCUT2D eigenvalue weighted by Crippen LogP contribution is -1.91. The van der Waals surface area contributed by atoms with E-state index in [1.165, 1.54) is 9.58 Å². The van der Waals surface area contributed by atoms with Crippen LogP contribution in [0.4, 0.5) is 0 Å². The molecule has 3 rings (SSSR count). The van der Waals surface area contributed by atoms with Gasteiger partial charge in [-0.05, 0) is 18.2 Å². The second-order valence-electron chi connectivity index (χ2n) is 4.14. The molecule has 1 atom stereocenters. The maximum absolute atomic E-state index is 5.22. The van der Waals surface area contributed by atoms with Gasteiger partial charge in [-0.25, -0.2) is 4.98 Å². The molecule has 0 spiro atoms. The van der Waals surface area contributed by atoms with Gasteiger partial charge in [0, 0.05) is 16.7 Å². The summed E-state index contributed by atoms with van der Waals surface area (Å²) in [4.78, 5) is 6.23. The van der Waals surface area contributed by atoms with E-state index in [0.717, 1.165) is 22.7 Å². The van der Waals surface area contributed by atoms with Crippen LogP contribution in [0.15, 0.2) is 35.7 Å². The van der Waals surface area contributed by atoms with E-state index in [1.54, 1.807) is 29.8 Å². The van der Waals surface area contributed by atoms with Crippen LogP contribution >= 0.6 is 38.6 Å². The Balaban J connectivity index is 1.80. The van der Waals surface area contributed by atoms with Gasteiger partial charge in [0.1, 0.15) is 5.75 Å². The fourth-order valence-corrected chi connectivity index (χ4v) is 4.69. The highest BCUT2D eigenvalue weighted by Gasteiger charge is 2.14. The Morgan fingerprint density at radius 1 is 1.37 bits per heavy atom. The van der Waals surface area contributed by atoms with E-state index in [2.05, 4.69) is 45.2 Å². The Morgan fingerprint density at radius 2 is 2.21 bits per heavy atom. The molecule has 0 radical (unpaired) electrons. The number of ether oxygens (including phenoxy) is 1. The summed E-state index contributed by atoms with van der Waals surface area (Å²) in [7, 11) is 1.70. The largest absolute Gasteiger partial charge is 0.496 e. The molecule has 2 nitrogen and oxygen atoms in total. The fraction of sp³-hybridized carbons (Fsp3) is 0.214. The average molecular weight is 354 g/mol. The molecule has 19 heavy (non-hydrogen) atoms. The first-order valence-corrected chi connectivity index (χ1v) is 8.48. The van der Waals surface area contributed by atoms with Gasteiger partial charge in [-0.1, -0.05) is 28.1 Å². The van der Waals surface area contributed by atoms with Crippen LogP contribution in [0.5, 0.6) is 5.75 Å². The highest BCUT2D eigenvalue weighted by atomic mass is 79.9. The molecule has 0 aliphatic carbocycles. The predicted molar refractivity (Wildman–Crippen MR) is 85.9 cm³/mol. The van der Waals surface area contributed by atoms with Crippen molar-refractivity contribution in [1.29, 1.82) is 0 Å². The molecule has 1 unspecified atom stereocenters. The molecule has 0 bridgehead atoms. The van der Waals surface area contributed by atoms with Gasteiger partial charge in [0.2, 0.25) is 0 Å². The van der Waals surface area contributed by atoms with Crippen LogP contribution < -0.4 is 4.74 Å². The molecule has 98 valence electrons. The molecule has 0 saturated heterocycles. The number of aromatic nitrogens is 1. The van der Waals surface area contributed by atoms with Crippen LogP contribution in [0.3, 0.4) is 0 Å². The van der Waals surface area contributed by atoms with Crippen molar-refractivity contribution in [3.8, 4) is 5.75 Å². The molecular weight excluding hydrogens is 342 g/mol. The Kier molecular flexibility index (Phi) is 3.86. The number of alkyl halides is 1. The molecular formula is C14H12BrNOS2. The van der Waals surface area contributed by atoms with Gasteiger partial charge in [-0.3, -0.25) is 0 Å². The van der Waals surface area contributed by atoms with Crippen molar-refractivity contribution >= 4 is 48.8 Å². The number of thiazole rings is 1. The summed E-state index contributed by atoms with van der Waals surface area (Å²) >= 11 is 7.22. The first-order valence-electron chi connectivity index (χ1n) is 5.87. The van der Waals surface area contributed by atoms with E-state index >= 15 is 0 Å². The van der Waals surface area contributed by atoms with Gasteiger partial charge < -0.3 is 4.74 Å². The van der Waals surface area contributed by atoms with Gasteiger partial charge in [0.25, 0.3) is 0 Å². The number of nitrogens with zero attached hydrogens (tertiary/aromatic N) is 1. The minimum absolute atomic E-state index is 0.293. The Morgan fingerprint density at radius 3 is 2.95 bits per heavy atom. The van der Waals surface area contributed by atoms with Gasteiger partial charge in [0.15, 0.2) is 0 Å². The van der Waals surface area contributed by atoms with Gasteiger partial charge in [-0.2, -0.15) is 0 Å². The minimum Gasteiger partial charge on any atom is -0.496 e. The molecule has 0 N–H and O–H groups in total. The monoisotopic (exact) mass is 353 g/mol. The smallest absolute Gasteiger partial charge is 0.129 e. The molecule has 0 aliphatic rings. The average Bonchev–Trinajstić information content (AvgIpc) is 3.04. The van der Waals surface area contributed by atoms with Crippen molar-refractivity contribution in [3.05, 3.63) is 45.6 Å². The molecule has 3 aromatic rings. The van der Waals surface area contributed by atoms with E-state index in [-0.39, 0.29) is 0 Å². The van der Waals surface area contributed by atoms with Gasteiger partial charge in [-0.15, -0.1) is 22.7 Å². The Hall–Kier alpha value is -0.910. The van der Waals surface area contributed by atoms with Crippen molar-refractivity contribution in [2.45, 2.75) is 11.2 Å². The van der Waals surface area contributed by atoms with Crippen LogP contribution in [0.25, 0.3) is 10.2 Å². The highest BCUT2D eigenvalue weighted by molar-refractivity contribution is 9.09. The van der Waals surface area contributed by atoms with E-state index in [4.69, 9.17) is 4.74 Å². The van der Waals surface area contributed by atoms with Crippen LogP contribution in [0, 0.1) is 0 Å². The Bertz CT molecular complexity index is 658. The third kappa shape index (κ3) is 2.83. The molecule has 0 aliphatic heterocycles. The number of thiophene rings is 1. The maximum Gasteiger partial charge on any atom is 0.129 e. The van der Waals surface area contributed by atoms with Crippen LogP contribution in [0.2, 0.25) is 0 Å². The van der Waals surface area contributed by atoms with Gasteiger partial charge in [0.05, 0.1) is 27.2 Å². The molecule has 0 saturated carbocycles. The normalized spacial score (nSPS) is 12.7. The number of halogens is 1. The summed E-state index contributed by atoms with van der Waals surface area (Å²) in [6.45, 7) is 0. The summed E-state index contributed by atoms with van der Waals surface area (Å²) in [5.41, 5.74) is 1.09. The highest BCUT2D eigenvalue weighted by Crippen LogP contribution is 2.35. The number of hydrogen-bond donors (Lipinski definition) is 0. The number of fused-ring (bicyclic) bond motifs is 1. The van der Waals surface area contributed by atoms with Crippen molar-refractivity contribution in [3.63, 3.8) is 0 Å². The number of benzene rings is 1. The second kappa shape index (κ2) is 5.61. The lowest BCUT2D eigenvalue weighted by molar-refractivity contribution is 0.416. The topological polar surface area (TPSA) is 22.1 Å². The SMILES string of the molecule is COc1csc(C(Br)Cc2nc3ccccc3s2)c1. The third-order valence-corrected chi connectivity index (χ3v) is 6.04. The molecule has 0 fully saturated rings. The van der Waals surface area contributed by atoms with Gasteiger partial charge >= 0.3 is 0 Å². The summed E-state index contributed by atoms with van der Waals surface area (Å²) in [5.74, 6) is 0.925. The summed E-state index contributed by atoms with van der Waals surface area (Å²) < 4.78 is 6.47. The predicted octanol–water partition coefficient (Wildman–Crippen LogP) is 5.05. The van der Waals surface area contributed by atoms with E-state index in [9.17, 15) is 0 Å². The van der Waals surface area contributed by atoms with E-state index in [0.29, 0.717) is 4.83 Å². The molecule has 5 heteroatoms. The van der Waals surface area contributed by atoms with Crippen molar-refractivity contribution in [2.75, 3.05) is 7.11 Å². The summed E-state index contributed by atoms with van der Waals surface area (Å²) in [5, 5.41) is 3.19. The second-order valence-corrected chi connectivity index (χ2v) is 7.30. The standard InChI is InChI=1S/C14H12BrNOS2/c1-17-9-6-13(18-8-9)10(15)7-14-16-11-4-2-3-5-12(11)19-14/h2-6,8,10H,7H2,1H3. The summed E-state index contributed by atoms with van der Waals surface area (Å²) in [6.07, 6.45) is 0.906. The molecule has 2 heterocycles. The zero-order chi connectivity index (χ0) is 13.2. The first-order chi connectivity index (χ1) is 9.26. The van der Waals surface area contributed by atoms with Crippen LogP contribution in [0.1, 0.15) is 14.7 Å². The molecule has 1 aromatic carbocycles. The van der Waals surface area contributed by atoms with Crippen molar-refractivity contribution in [2.24, 2.45) is 0 Å². The zero-order valence-corrected chi connectivity index (χ0v) is 13.5. The van der Waals surface area contributed by atoms with Crippen LogP contribution in [-0.4, -0.2) is 12.1 Å². The number of rotatable bonds is 4. The third-order valence-electron chi connectivity index (χ3n) is 2.83. The van der Waals surface area contributed by atoms with E-state index < -0.39 is 0 Å². The number of para-hydroxylation sites is 1. The molecule has 2 aromatic heterocycles. The Labute approximate surface area is 128 Å². The lowest BCUT2D eigenvalue weighted by atomic mass is 10.2. The lowest BCUT2D eigenvalue weighted by Gasteiger charge is -2.03. The van der Waals surface area contributed by atoms with Crippen molar-refractivity contribution in [1.82, 2.24) is 4.98 Å². The van der Waals surface area contributed by atoms with E-state index in [1.807, 2.05) is 11.4 Å². The summed E-state index contributed by atoms with van der Waals surface area (Å²) in [6, 6.07) is 10.3. The number of hydrogen-bond acceptors (Lipinski definition) is 4. The maximum atomic E-state index is 5.22. The quantitative estimate of drug-likeness (QED) is 0.612. The van der Waals surface area contributed by atoms with Crippen LogP contribution in [-0.2, 0) is 6.42 Å². The number of methoxy groups -OCH3 is 1. The molecule has 0 amide bonds. The zero-order valence-electron chi connectivity index (χ0n) is 10.3.